The normalized spacial score (nSPS) is 15.4. The van der Waals surface area contributed by atoms with Gasteiger partial charge in [0.2, 0.25) is 0 Å². The summed E-state index contributed by atoms with van der Waals surface area (Å²) in [4.78, 5) is 11.5. The van der Waals surface area contributed by atoms with Gasteiger partial charge >= 0.3 is 0 Å². The van der Waals surface area contributed by atoms with Crippen molar-refractivity contribution in [3.63, 3.8) is 0 Å². The lowest BCUT2D eigenvalue weighted by molar-refractivity contribution is 0.318. The largest absolute Gasteiger partial charge is 0.355 e. The van der Waals surface area contributed by atoms with E-state index in [-0.39, 0.29) is 0 Å². The molecular weight excluding hydrogens is 248 g/mol. The molecule has 0 amide bonds. The Morgan fingerprint density at radius 1 is 1.35 bits per heavy atom. The van der Waals surface area contributed by atoms with Crippen LogP contribution in [0.3, 0.4) is 0 Å². The van der Waals surface area contributed by atoms with Gasteiger partial charge in [-0.05, 0) is 38.1 Å². The van der Waals surface area contributed by atoms with E-state index in [0.717, 1.165) is 43.6 Å². The molecule has 0 unspecified atom stereocenters. The summed E-state index contributed by atoms with van der Waals surface area (Å²) in [5.41, 5.74) is 1.04. The molecule has 0 atom stereocenters. The van der Waals surface area contributed by atoms with Crippen molar-refractivity contribution < 1.29 is 0 Å². The third-order valence-electron chi connectivity index (χ3n) is 3.94. The van der Waals surface area contributed by atoms with Crippen LogP contribution in [0.15, 0.2) is 12.4 Å². The van der Waals surface area contributed by atoms with Crippen molar-refractivity contribution in [2.24, 2.45) is 11.8 Å². The standard InChI is InChI=1S/C16H28N4/c1-4-20(12-14-6-5-7-14)16-11-18-10-15(19-16)9-17-8-13(2)3/h10-11,13-14,17H,4-9,12H2,1-3H3. The molecule has 1 heterocycles. The number of anilines is 1. The second-order valence-corrected chi connectivity index (χ2v) is 6.23. The molecule has 4 heteroatoms. The number of aromatic nitrogens is 2. The quantitative estimate of drug-likeness (QED) is 0.792. The van der Waals surface area contributed by atoms with Crippen LogP contribution in [0.2, 0.25) is 0 Å². The molecule has 1 saturated carbocycles. The lowest BCUT2D eigenvalue weighted by Gasteiger charge is -2.32. The summed E-state index contributed by atoms with van der Waals surface area (Å²) in [5, 5.41) is 3.43. The molecule has 0 aromatic carbocycles. The van der Waals surface area contributed by atoms with E-state index in [0.29, 0.717) is 5.92 Å². The van der Waals surface area contributed by atoms with Gasteiger partial charge < -0.3 is 10.2 Å². The number of nitrogens with zero attached hydrogens (tertiary/aromatic N) is 3. The van der Waals surface area contributed by atoms with Gasteiger partial charge in [0.15, 0.2) is 0 Å². The van der Waals surface area contributed by atoms with Crippen molar-refractivity contribution in [2.75, 3.05) is 24.5 Å². The summed E-state index contributed by atoms with van der Waals surface area (Å²) in [5.74, 6) is 2.56. The first kappa shape index (κ1) is 15.2. The van der Waals surface area contributed by atoms with E-state index in [1.165, 1.54) is 19.3 Å². The molecule has 0 spiro atoms. The molecule has 1 aliphatic carbocycles. The molecule has 1 aromatic heterocycles. The van der Waals surface area contributed by atoms with Crippen molar-refractivity contribution >= 4 is 5.82 Å². The fourth-order valence-electron chi connectivity index (χ4n) is 2.49. The maximum absolute atomic E-state index is 4.75. The van der Waals surface area contributed by atoms with Gasteiger partial charge in [-0.3, -0.25) is 4.98 Å². The lowest BCUT2D eigenvalue weighted by atomic mass is 9.85. The van der Waals surface area contributed by atoms with Gasteiger partial charge in [0.05, 0.1) is 11.9 Å². The van der Waals surface area contributed by atoms with Gasteiger partial charge in [-0.15, -0.1) is 0 Å². The van der Waals surface area contributed by atoms with Crippen LogP contribution in [0.4, 0.5) is 5.82 Å². The van der Waals surface area contributed by atoms with Gasteiger partial charge in [-0.25, -0.2) is 4.98 Å². The van der Waals surface area contributed by atoms with E-state index in [9.17, 15) is 0 Å². The third kappa shape index (κ3) is 4.44. The van der Waals surface area contributed by atoms with E-state index in [4.69, 9.17) is 4.98 Å². The smallest absolute Gasteiger partial charge is 0.147 e. The number of nitrogens with one attached hydrogen (secondary N) is 1. The molecule has 1 aromatic rings. The molecule has 2 rings (SSSR count). The maximum Gasteiger partial charge on any atom is 0.147 e. The van der Waals surface area contributed by atoms with E-state index in [2.05, 4.69) is 36.0 Å². The third-order valence-corrected chi connectivity index (χ3v) is 3.94. The number of hydrogen-bond donors (Lipinski definition) is 1. The molecule has 1 fully saturated rings. The van der Waals surface area contributed by atoms with Crippen LogP contribution in [0.5, 0.6) is 0 Å². The Kier molecular flexibility index (Phi) is 5.77. The zero-order chi connectivity index (χ0) is 14.4. The van der Waals surface area contributed by atoms with Crippen molar-refractivity contribution in [3.05, 3.63) is 18.1 Å². The highest BCUT2D eigenvalue weighted by Gasteiger charge is 2.21. The van der Waals surface area contributed by atoms with Crippen LogP contribution >= 0.6 is 0 Å². The molecule has 1 N–H and O–H groups in total. The van der Waals surface area contributed by atoms with Gasteiger partial charge in [0.1, 0.15) is 5.82 Å². The first-order valence-electron chi connectivity index (χ1n) is 7.95. The summed E-state index contributed by atoms with van der Waals surface area (Å²) in [6, 6.07) is 0. The van der Waals surface area contributed by atoms with Crippen molar-refractivity contribution in [2.45, 2.75) is 46.6 Å². The summed E-state index contributed by atoms with van der Waals surface area (Å²) in [6.45, 7) is 10.6. The number of rotatable bonds is 8. The first-order chi connectivity index (χ1) is 9.69. The van der Waals surface area contributed by atoms with Crippen molar-refractivity contribution in [3.8, 4) is 0 Å². The van der Waals surface area contributed by atoms with E-state index >= 15 is 0 Å². The zero-order valence-corrected chi connectivity index (χ0v) is 13.1. The fraction of sp³-hybridized carbons (Fsp3) is 0.750. The van der Waals surface area contributed by atoms with Gasteiger partial charge in [-0.1, -0.05) is 20.3 Å². The Balaban J connectivity index is 1.92. The first-order valence-corrected chi connectivity index (χ1v) is 7.95. The Labute approximate surface area is 123 Å². The molecule has 0 radical (unpaired) electrons. The topological polar surface area (TPSA) is 41.1 Å². The molecule has 20 heavy (non-hydrogen) atoms. The monoisotopic (exact) mass is 276 g/mol. The molecule has 0 saturated heterocycles. The Morgan fingerprint density at radius 3 is 2.75 bits per heavy atom. The van der Waals surface area contributed by atoms with Crippen LogP contribution in [0.25, 0.3) is 0 Å². The molecule has 1 aliphatic rings. The minimum atomic E-state index is 0.664. The molecule has 4 nitrogen and oxygen atoms in total. The highest BCUT2D eigenvalue weighted by Crippen LogP contribution is 2.28. The van der Waals surface area contributed by atoms with E-state index in [1.807, 2.05) is 12.4 Å². The van der Waals surface area contributed by atoms with E-state index in [1.54, 1.807) is 0 Å². The van der Waals surface area contributed by atoms with Crippen LogP contribution in [0.1, 0.15) is 45.7 Å². The number of hydrogen-bond acceptors (Lipinski definition) is 4. The minimum absolute atomic E-state index is 0.664. The Hall–Kier alpha value is -1.16. The molecular formula is C16H28N4. The van der Waals surface area contributed by atoms with Gasteiger partial charge in [0, 0.05) is 25.8 Å². The summed E-state index contributed by atoms with van der Waals surface area (Å²) >= 11 is 0. The predicted molar refractivity (Wildman–Crippen MR) is 83.8 cm³/mol. The summed E-state index contributed by atoms with van der Waals surface area (Å²) in [6.07, 6.45) is 7.91. The Bertz CT molecular complexity index is 401. The summed E-state index contributed by atoms with van der Waals surface area (Å²) < 4.78 is 0. The molecule has 0 bridgehead atoms. The van der Waals surface area contributed by atoms with Crippen molar-refractivity contribution in [1.82, 2.24) is 15.3 Å². The van der Waals surface area contributed by atoms with Crippen LogP contribution in [-0.2, 0) is 6.54 Å². The average molecular weight is 276 g/mol. The zero-order valence-electron chi connectivity index (χ0n) is 13.1. The van der Waals surface area contributed by atoms with Crippen LogP contribution in [0, 0.1) is 11.8 Å². The fourth-order valence-corrected chi connectivity index (χ4v) is 2.49. The van der Waals surface area contributed by atoms with Crippen molar-refractivity contribution in [1.29, 1.82) is 0 Å². The molecule has 112 valence electrons. The highest BCUT2D eigenvalue weighted by atomic mass is 15.2. The summed E-state index contributed by atoms with van der Waals surface area (Å²) in [7, 11) is 0. The van der Waals surface area contributed by atoms with Crippen LogP contribution < -0.4 is 10.2 Å². The minimum Gasteiger partial charge on any atom is -0.355 e. The SMILES string of the molecule is CCN(CC1CCC1)c1cncc(CNCC(C)C)n1. The second-order valence-electron chi connectivity index (χ2n) is 6.23. The van der Waals surface area contributed by atoms with Gasteiger partial charge in [0.25, 0.3) is 0 Å². The molecule has 0 aliphatic heterocycles. The van der Waals surface area contributed by atoms with Gasteiger partial charge in [-0.2, -0.15) is 0 Å². The van der Waals surface area contributed by atoms with E-state index < -0.39 is 0 Å². The average Bonchev–Trinajstić information content (AvgIpc) is 2.37. The maximum atomic E-state index is 4.75. The lowest BCUT2D eigenvalue weighted by Crippen LogP contribution is -2.33. The second kappa shape index (κ2) is 7.58. The highest BCUT2D eigenvalue weighted by molar-refractivity contribution is 5.36. The van der Waals surface area contributed by atoms with Crippen LogP contribution in [-0.4, -0.2) is 29.6 Å². The Morgan fingerprint density at radius 2 is 2.15 bits per heavy atom. The predicted octanol–water partition coefficient (Wildman–Crippen LogP) is 2.85.